The molecule has 1 heterocycles. The van der Waals surface area contributed by atoms with Crippen LogP contribution in [0.5, 0.6) is 0 Å². The van der Waals surface area contributed by atoms with Crippen molar-refractivity contribution in [2.75, 3.05) is 0 Å². The monoisotopic (exact) mass is 202 g/mol. The molecular weight excluding hydrogens is 188 g/mol. The molecule has 2 heteroatoms. The normalized spacial score (nSPS) is 19.7. The van der Waals surface area contributed by atoms with Gasteiger partial charge in [0.25, 0.3) is 0 Å². The SMILES string of the molecule is O=C1CCCC/C(=C/c2ccccc2)O1. The van der Waals surface area contributed by atoms with Gasteiger partial charge in [-0.3, -0.25) is 4.79 Å². The average molecular weight is 202 g/mol. The van der Waals surface area contributed by atoms with Crippen LogP contribution in [0.25, 0.3) is 6.08 Å². The molecule has 1 aliphatic heterocycles. The van der Waals surface area contributed by atoms with Gasteiger partial charge in [-0.05, 0) is 24.5 Å². The summed E-state index contributed by atoms with van der Waals surface area (Å²) >= 11 is 0. The van der Waals surface area contributed by atoms with Crippen molar-refractivity contribution in [3.8, 4) is 0 Å². The van der Waals surface area contributed by atoms with Crippen LogP contribution in [0.3, 0.4) is 0 Å². The number of cyclic esters (lactones) is 1. The highest BCUT2D eigenvalue weighted by atomic mass is 16.5. The Morgan fingerprint density at radius 2 is 1.80 bits per heavy atom. The Bertz CT molecular complexity index is 365. The summed E-state index contributed by atoms with van der Waals surface area (Å²) in [6, 6.07) is 9.94. The lowest BCUT2D eigenvalue weighted by molar-refractivity contribution is -0.138. The lowest BCUT2D eigenvalue weighted by Gasteiger charge is -2.03. The first kappa shape index (κ1) is 9.97. The van der Waals surface area contributed by atoms with Crippen LogP contribution in [0.15, 0.2) is 36.1 Å². The van der Waals surface area contributed by atoms with Gasteiger partial charge in [-0.1, -0.05) is 30.3 Å². The van der Waals surface area contributed by atoms with E-state index in [1.807, 2.05) is 36.4 Å². The first-order valence-electron chi connectivity index (χ1n) is 5.31. The van der Waals surface area contributed by atoms with Crippen molar-refractivity contribution in [3.05, 3.63) is 41.7 Å². The van der Waals surface area contributed by atoms with Crippen molar-refractivity contribution in [2.45, 2.75) is 25.7 Å². The van der Waals surface area contributed by atoms with Gasteiger partial charge in [-0.2, -0.15) is 0 Å². The molecular formula is C13H14O2. The summed E-state index contributed by atoms with van der Waals surface area (Å²) in [7, 11) is 0. The van der Waals surface area contributed by atoms with E-state index < -0.39 is 0 Å². The van der Waals surface area contributed by atoms with Crippen molar-refractivity contribution in [1.29, 1.82) is 0 Å². The van der Waals surface area contributed by atoms with Crippen molar-refractivity contribution in [2.24, 2.45) is 0 Å². The van der Waals surface area contributed by atoms with Gasteiger partial charge >= 0.3 is 5.97 Å². The van der Waals surface area contributed by atoms with E-state index in [4.69, 9.17) is 4.74 Å². The highest BCUT2D eigenvalue weighted by molar-refractivity contribution is 5.72. The van der Waals surface area contributed by atoms with Crippen LogP contribution in [0.4, 0.5) is 0 Å². The summed E-state index contributed by atoms with van der Waals surface area (Å²) in [5.74, 6) is 0.693. The lowest BCUT2D eigenvalue weighted by atomic mass is 10.1. The van der Waals surface area contributed by atoms with E-state index in [-0.39, 0.29) is 5.97 Å². The molecule has 0 N–H and O–H groups in total. The fourth-order valence-electron chi connectivity index (χ4n) is 1.65. The van der Waals surface area contributed by atoms with Gasteiger partial charge in [0.1, 0.15) is 5.76 Å². The van der Waals surface area contributed by atoms with Gasteiger partial charge in [0, 0.05) is 12.8 Å². The maximum Gasteiger partial charge on any atom is 0.310 e. The number of carbonyl (C=O) groups excluding carboxylic acids is 1. The number of hydrogen-bond donors (Lipinski definition) is 0. The zero-order chi connectivity index (χ0) is 10.5. The summed E-state index contributed by atoms with van der Waals surface area (Å²) < 4.78 is 5.24. The molecule has 78 valence electrons. The van der Waals surface area contributed by atoms with Gasteiger partial charge in [-0.15, -0.1) is 0 Å². The van der Waals surface area contributed by atoms with Gasteiger partial charge in [0.15, 0.2) is 0 Å². The van der Waals surface area contributed by atoms with Crippen LogP contribution in [-0.2, 0) is 9.53 Å². The van der Waals surface area contributed by atoms with Gasteiger partial charge < -0.3 is 4.74 Å². The molecule has 0 aliphatic carbocycles. The Hall–Kier alpha value is -1.57. The molecule has 1 fully saturated rings. The molecule has 0 radical (unpaired) electrons. The number of carbonyl (C=O) groups is 1. The molecule has 0 aromatic heterocycles. The topological polar surface area (TPSA) is 26.3 Å². The Morgan fingerprint density at radius 1 is 1.07 bits per heavy atom. The molecule has 0 saturated carbocycles. The molecule has 0 bridgehead atoms. The summed E-state index contributed by atoms with van der Waals surface area (Å²) in [6.07, 6.45) is 5.32. The number of esters is 1. The van der Waals surface area contributed by atoms with Crippen molar-refractivity contribution < 1.29 is 9.53 Å². The number of benzene rings is 1. The summed E-state index contributed by atoms with van der Waals surface area (Å²) in [5.41, 5.74) is 1.09. The standard InChI is InChI=1S/C13H14O2/c14-13-9-5-4-8-12(15-13)10-11-6-2-1-3-7-11/h1-3,6-7,10H,4-5,8-9H2/b12-10-. The zero-order valence-corrected chi connectivity index (χ0v) is 8.61. The minimum atomic E-state index is -0.102. The molecule has 0 atom stereocenters. The van der Waals surface area contributed by atoms with Gasteiger partial charge in [0.05, 0.1) is 0 Å². The predicted molar refractivity (Wildman–Crippen MR) is 59.0 cm³/mol. The fraction of sp³-hybridized carbons (Fsp3) is 0.308. The number of rotatable bonds is 1. The third kappa shape index (κ3) is 2.94. The van der Waals surface area contributed by atoms with E-state index in [1.54, 1.807) is 0 Å². The van der Waals surface area contributed by atoms with Crippen molar-refractivity contribution in [3.63, 3.8) is 0 Å². The third-order valence-electron chi connectivity index (χ3n) is 2.43. The maximum atomic E-state index is 11.2. The Morgan fingerprint density at radius 3 is 2.60 bits per heavy atom. The number of allylic oxidation sites excluding steroid dienone is 1. The Kier molecular flexibility index (Phi) is 3.18. The van der Waals surface area contributed by atoms with Crippen LogP contribution in [0.1, 0.15) is 31.2 Å². The first-order valence-corrected chi connectivity index (χ1v) is 5.31. The zero-order valence-electron chi connectivity index (χ0n) is 8.61. The second-order valence-corrected chi connectivity index (χ2v) is 3.70. The Labute approximate surface area is 89.6 Å². The first-order chi connectivity index (χ1) is 7.34. The van der Waals surface area contributed by atoms with Gasteiger partial charge in [0.2, 0.25) is 0 Å². The molecule has 0 amide bonds. The minimum Gasteiger partial charge on any atom is -0.431 e. The number of ether oxygens (including phenoxy) is 1. The maximum absolute atomic E-state index is 11.2. The smallest absolute Gasteiger partial charge is 0.310 e. The van der Waals surface area contributed by atoms with E-state index >= 15 is 0 Å². The minimum absolute atomic E-state index is 0.102. The van der Waals surface area contributed by atoms with Crippen LogP contribution >= 0.6 is 0 Å². The van der Waals surface area contributed by atoms with E-state index in [0.717, 1.165) is 30.6 Å². The quantitative estimate of drug-likeness (QED) is 0.654. The summed E-state index contributed by atoms with van der Waals surface area (Å²) in [4.78, 5) is 11.2. The van der Waals surface area contributed by atoms with Crippen LogP contribution in [0, 0.1) is 0 Å². The van der Waals surface area contributed by atoms with Gasteiger partial charge in [-0.25, -0.2) is 0 Å². The van der Waals surface area contributed by atoms with Crippen LogP contribution < -0.4 is 0 Å². The highest BCUT2D eigenvalue weighted by Crippen LogP contribution is 2.19. The second kappa shape index (κ2) is 4.78. The Balaban J connectivity index is 2.15. The molecule has 0 spiro atoms. The van der Waals surface area contributed by atoms with Crippen LogP contribution in [0.2, 0.25) is 0 Å². The molecule has 15 heavy (non-hydrogen) atoms. The average Bonchev–Trinajstić information content (AvgIpc) is 2.44. The van der Waals surface area contributed by atoms with Crippen LogP contribution in [-0.4, -0.2) is 5.97 Å². The van der Waals surface area contributed by atoms with E-state index in [1.165, 1.54) is 0 Å². The fourth-order valence-corrected chi connectivity index (χ4v) is 1.65. The molecule has 2 nitrogen and oxygen atoms in total. The number of hydrogen-bond acceptors (Lipinski definition) is 2. The second-order valence-electron chi connectivity index (χ2n) is 3.70. The third-order valence-corrected chi connectivity index (χ3v) is 2.43. The molecule has 0 unspecified atom stereocenters. The lowest BCUT2D eigenvalue weighted by Crippen LogP contribution is -1.99. The largest absolute Gasteiger partial charge is 0.431 e. The van der Waals surface area contributed by atoms with Crippen molar-refractivity contribution >= 4 is 12.0 Å². The van der Waals surface area contributed by atoms with E-state index in [2.05, 4.69) is 0 Å². The predicted octanol–water partition coefficient (Wildman–Crippen LogP) is 3.14. The van der Waals surface area contributed by atoms with E-state index in [9.17, 15) is 4.79 Å². The molecule has 1 saturated heterocycles. The van der Waals surface area contributed by atoms with Crippen molar-refractivity contribution in [1.82, 2.24) is 0 Å². The molecule has 2 rings (SSSR count). The summed E-state index contributed by atoms with van der Waals surface area (Å²) in [5, 5.41) is 0. The summed E-state index contributed by atoms with van der Waals surface area (Å²) in [6.45, 7) is 0. The molecule has 1 aromatic rings. The molecule has 1 aliphatic rings. The van der Waals surface area contributed by atoms with E-state index in [0.29, 0.717) is 6.42 Å². The highest BCUT2D eigenvalue weighted by Gasteiger charge is 2.12. The molecule has 1 aromatic carbocycles.